The summed E-state index contributed by atoms with van der Waals surface area (Å²) in [6.45, 7) is 7.57. The van der Waals surface area contributed by atoms with E-state index in [1.165, 1.54) is 0 Å². The molecule has 1 unspecified atom stereocenters. The van der Waals surface area contributed by atoms with E-state index < -0.39 is 6.04 Å². The number of carbonyl (C=O) groups is 2. The lowest BCUT2D eigenvalue weighted by Gasteiger charge is -2.21. The number of carbonyl (C=O) groups excluding carboxylic acids is 2. The number of hydrogen-bond donors (Lipinski definition) is 2. The van der Waals surface area contributed by atoms with Crippen LogP contribution in [0.25, 0.3) is 0 Å². The molecule has 0 spiro atoms. The molecular weight excluding hydrogens is 302 g/mol. The smallest absolute Gasteiger partial charge is 0.251 e. The molecule has 1 atom stereocenters. The van der Waals surface area contributed by atoms with Crippen LogP contribution in [-0.2, 0) is 4.79 Å². The lowest BCUT2D eigenvalue weighted by molar-refractivity contribution is -0.118. The Balaban J connectivity index is 2.11. The van der Waals surface area contributed by atoms with Crippen molar-refractivity contribution in [2.24, 2.45) is 5.92 Å². The topological polar surface area (TPSA) is 71.1 Å². The Morgan fingerprint density at radius 1 is 1.04 bits per heavy atom. The summed E-state index contributed by atoms with van der Waals surface area (Å²) in [5, 5.41) is 5.58. The summed E-state index contributed by atoms with van der Waals surface area (Å²) >= 11 is 0. The van der Waals surface area contributed by atoms with E-state index in [-0.39, 0.29) is 17.7 Å². The number of nitrogens with one attached hydrogen (secondary N) is 2. The summed E-state index contributed by atoms with van der Waals surface area (Å²) in [5.41, 5.74) is 2.36. The fourth-order valence-corrected chi connectivity index (χ4v) is 2.36. The summed E-state index contributed by atoms with van der Waals surface area (Å²) in [6.07, 6.45) is 0. The van der Waals surface area contributed by atoms with Crippen LogP contribution in [0.5, 0.6) is 0 Å². The Morgan fingerprint density at radius 3 is 2.38 bits per heavy atom. The fraction of sp³-hybridized carbons (Fsp3) is 0.316. The van der Waals surface area contributed by atoms with Crippen molar-refractivity contribution < 1.29 is 9.59 Å². The van der Waals surface area contributed by atoms with E-state index in [9.17, 15) is 9.59 Å². The van der Waals surface area contributed by atoms with E-state index in [4.69, 9.17) is 0 Å². The van der Waals surface area contributed by atoms with E-state index in [0.717, 1.165) is 11.3 Å². The Morgan fingerprint density at radius 2 is 1.75 bits per heavy atom. The van der Waals surface area contributed by atoms with Gasteiger partial charge in [-0.15, -0.1) is 0 Å². The average molecular weight is 325 g/mol. The Labute approximate surface area is 142 Å². The van der Waals surface area contributed by atoms with Gasteiger partial charge in [0, 0.05) is 11.3 Å². The molecule has 0 aliphatic rings. The molecule has 5 heteroatoms. The van der Waals surface area contributed by atoms with Gasteiger partial charge < -0.3 is 10.6 Å². The van der Waals surface area contributed by atoms with Gasteiger partial charge in [0.15, 0.2) is 0 Å². The second-order valence-corrected chi connectivity index (χ2v) is 6.22. The molecule has 0 bridgehead atoms. The second-order valence-electron chi connectivity index (χ2n) is 6.22. The predicted molar refractivity (Wildman–Crippen MR) is 94.9 cm³/mol. The fourth-order valence-electron chi connectivity index (χ4n) is 2.36. The van der Waals surface area contributed by atoms with Crippen LogP contribution >= 0.6 is 0 Å². The van der Waals surface area contributed by atoms with Crippen LogP contribution in [0.4, 0.5) is 5.82 Å². The van der Waals surface area contributed by atoms with Crippen molar-refractivity contribution in [3.8, 4) is 0 Å². The van der Waals surface area contributed by atoms with Gasteiger partial charge in [-0.25, -0.2) is 4.98 Å². The third kappa shape index (κ3) is 4.65. The van der Waals surface area contributed by atoms with Crippen molar-refractivity contribution in [3.05, 3.63) is 59.3 Å². The number of anilines is 1. The third-order valence-electron chi connectivity index (χ3n) is 3.66. The summed E-state index contributed by atoms with van der Waals surface area (Å²) < 4.78 is 0. The molecule has 0 fully saturated rings. The first-order chi connectivity index (χ1) is 11.4. The van der Waals surface area contributed by atoms with Crippen molar-refractivity contribution in [2.45, 2.75) is 33.7 Å². The highest BCUT2D eigenvalue weighted by Gasteiger charge is 2.25. The molecule has 0 aliphatic carbocycles. The van der Waals surface area contributed by atoms with Gasteiger partial charge in [0.2, 0.25) is 5.91 Å². The zero-order valence-corrected chi connectivity index (χ0v) is 14.5. The highest BCUT2D eigenvalue weighted by molar-refractivity contribution is 6.01. The molecule has 2 amide bonds. The molecule has 1 heterocycles. The molecule has 126 valence electrons. The maximum Gasteiger partial charge on any atom is 0.251 e. The largest absolute Gasteiger partial charge is 0.340 e. The Kier molecular flexibility index (Phi) is 5.68. The minimum Gasteiger partial charge on any atom is -0.340 e. The van der Waals surface area contributed by atoms with Gasteiger partial charge >= 0.3 is 0 Å². The standard InChI is InChI=1S/C19H23N3O2/c1-12(2)17(19(24)21-16-10-6-8-14(4)20-16)22-18(23)15-9-5-7-13(3)11-15/h5-12,17H,1-4H3,(H,22,23)(H,20,21,24). The average Bonchev–Trinajstić information content (AvgIpc) is 2.52. The molecule has 1 aromatic heterocycles. The van der Waals surface area contributed by atoms with Crippen molar-refractivity contribution in [1.29, 1.82) is 0 Å². The van der Waals surface area contributed by atoms with Crippen LogP contribution in [0.15, 0.2) is 42.5 Å². The number of benzene rings is 1. The number of hydrogen-bond acceptors (Lipinski definition) is 3. The highest BCUT2D eigenvalue weighted by atomic mass is 16.2. The van der Waals surface area contributed by atoms with E-state index >= 15 is 0 Å². The maximum atomic E-state index is 12.5. The number of amides is 2. The first-order valence-electron chi connectivity index (χ1n) is 7.99. The first kappa shape index (κ1) is 17.7. The molecule has 0 saturated heterocycles. The highest BCUT2D eigenvalue weighted by Crippen LogP contribution is 2.10. The number of aromatic nitrogens is 1. The third-order valence-corrected chi connectivity index (χ3v) is 3.66. The SMILES string of the molecule is Cc1cccc(C(=O)NC(C(=O)Nc2cccc(C)n2)C(C)C)c1. The van der Waals surface area contributed by atoms with Crippen LogP contribution in [0, 0.1) is 19.8 Å². The molecular formula is C19H23N3O2. The number of pyridine rings is 1. The Hall–Kier alpha value is -2.69. The predicted octanol–water partition coefficient (Wildman–Crippen LogP) is 3.09. The van der Waals surface area contributed by atoms with Crippen molar-refractivity contribution in [1.82, 2.24) is 10.3 Å². The molecule has 24 heavy (non-hydrogen) atoms. The van der Waals surface area contributed by atoms with Gasteiger partial charge in [0.25, 0.3) is 5.91 Å². The van der Waals surface area contributed by atoms with Gasteiger partial charge in [-0.05, 0) is 44.0 Å². The lowest BCUT2D eigenvalue weighted by Crippen LogP contribution is -2.47. The van der Waals surface area contributed by atoms with Crippen molar-refractivity contribution in [2.75, 3.05) is 5.32 Å². The summed E-state index contributed by atoms with van der Waals surface area (Å²) in [7, 11) is 0. The molecule has 2 rings (SSSR count). The van der Waals surface area contributed by atoms with Crippen LogP contribution < -0.4 is 10.6 Å². The molecule has 2 N–H and O–H groups in total. The second kappa shape index (κ2) is 7.73. The zero-order valence-electron chi connectivity index (χ0n) is 14.5. The van der Waals surface area contributed by atoms with Crippen LogP contribution in [0.1, 0.15) is 35.5 Å². The molecule has 0 saturated carbocycles. The molecule has 0 aliphatic heterocycles. The van der Waals surface area contributed by atoms with Crippen LogP contribution in [-0.4, -0.2) is 22.8 Å². The van der Waals surface area contributed by atoms with Crippen LogP contribution in [0.3, 0.4) is 0 Å². The molecule has 1 aromatic carbocycles. The minimum atomic E-state index is -0.639. The van der Waals surface area contributed by atoms with Crippen molar-refractivity contribution >= 4 is 17.6 Å². The minimum absolute atomic E-state index is 0.0523. The molecule has 2 aromatic rings. The van der Waals surface area contributed by atoms with E-state index in [1.807, 2.05) is 52.0 Å². The van der Waals surface area contributed by atoms with E-state index in [2.05, 4.69) is 15.6 Å². The lowest BCUT2D eigenvalue weighted by atomic mass is 10.0. The van der Waals surface area contributed by atoms with Gasteiger partial charge in [0.05, 0.1) is 0 Å². The monoisotopic (exact) mass is 325 g/mol. The number of aryl methyl sites for hydroxylation is 2. The van der Waals surface area contributed by atoms with Gasteiger partial charge in [-0.3, -0.25) is 9.59 Å². The van der Waals surface area contributed by atoms with E-state index in [1.54, 1.807) is 18.2 Å². The summed E-state index contributed by atoms with van der Waals surface area (Å²) in [5.74, 6) is -0.104. The zero-order chi connectivity index (χ0) is 17.7. The summed E-state index contributed by atoms with van der Waals surface area (Å²) in [4.78, 5) is 29.2. The van der Waals surface area contributed by atoms with Crippen molar-refractivity contribution in [3.63, 3.8) is 0 Å². The molecule has 5 nitrogen and oxygen atoms in total. The van der Waals surface area contributed by atoms with Crippen LogP contribution in [0.2, 0.25) is 0 Å². The quantitative estimate of drug-likeness (QED) is 0.887. The number of nitrogens with zero attached hydrogens (tertiary/aromatic N) is 1. The first-order valence-corrected chi connectivity index (χ1v) is 7.99. The van der Waals surface area contributed by atoms with Gasteiger partial charge in [-0.2, -0.15) is 0 Å². The summed E-state index contributed by atoms with van der Waals surface area (Å²) in [6, 6.07) is 12.1. The number of rotatable bonds is 5. The normalized spacial score (nSPS) is 11.9. The Bertz CT molecular complexity index is 741. The maximum absolute atomic E-state index is 12.5. The van der Waals surface area contributed by atoms with Gasteiger partial charge in [0.1, 0.15) is 11.9 Å². The van der Waals surface area contributed by atoms with Gasteiger partial charge in [-0.1, -0.05) is 37.6 Å². The molecule has 0 radical (unpaired) electrons. The van der Waals surface area contributed by atoms with E-state index in [0.29, 0.717) is 11.4 Å².